The molecule has 1 amide bonds. The van der Waals surface area contributed by atoms with Crippen molar-refractivity contribution in [2.45, 2.75) is 32.4 Å². The lowest BCUT2D eigenvalue weighted by atomic mass is 10.0. The fourth-order valence-electron chi connectivity index (χ4n) is 3.59. The normalized spacial score (nSPS) is 16.4. The second kappa shape index (κ2) is 12.4. The number of likely N-dealkylation sites (N-methyl/N-ethyl adjacent to an activating group) is 1. The molecule has 6 nitrogen and oxygen atoms in total. The van der Waals surface area contributed by atoms with Crippen LogP contribution in [0.1, 0.15) is 25.3 Å². The largest absolute Gasteiger partial charge is 0.490 e. The molecule has 1 saturated heterocycles. The Morgan fingerprint density at radius 2 is 1.93 bits per heavy atom. The SMILES string of the molecule is CCOc1cc(CN2CCCC(NC)C2)ccc1OCC(=O)Nc1ccccc1.Cl. The van der Waals surface area contributed by atoms with Crippen molar-refractivity contribution in [2.75, 3.05) is 38.7 Å². The van der Waals surface area contributed by atoms with E-state index in [0.717, 1.165) is 25.3 Å². The van der Waals surface area contributed by atoms with E-state index in [1.165, 1.54) is 18.4 Å². The average Bonchev–Trinajstić information content (AvgIpc) is 2.74. The summed E-state index contributed by atoms with van der Waals surface area (Å²) in [6.45, 7) is 5.47. The molecule has 1 atom stereocenters. The molecule has 2 aromatic carbocycles. The monoisotopic (exact) mass is 433 g/mol. The second-order valence-corrected chi connectivity index (χ2v) is 7.28. The van der Waals surface area contributed by atoms with E-state index < -0.39 is 0 Å². The van der Waals surface area contributed by atoms with Crippen molar-refractivity contribution in [3.05, 3.63) is 54.1 Å². The van der Waals surface area contributed by atoms with E-state index in [1.54, 1.807) is 0 Å². The maximum absolute atomic E-state index is 12.2. The minimum absolute atomic E-state index is 0. The molecule has 164 valence electrons. The highest BCUT2D eigenvalue weighted by molar-refractivity contribution is 5.91. The number of carbonyl (C=O) groups excluding carboxylic acids is 1. The molecule has 0 radical (unpaired) electrons. The number of hydrogen-bond donors (Lipinski definition) is 2. The van der Waals surface area contributed by atoms with Gasteiger partial charge >= 0.3 is 0 Å². The van der Waals surface area contributed by atoms with Crippen molar-refractivity contribution in [2.24, 2.45) is 0 Å². The van der Waals surface area contributed by atoms with Crippen molar-refractivity contribution in [3.8, 4) is 11.5 Å². The molecule has 2 N–H and O–H groups in total. The van der Waals surface area contributed by atoms with Crippen LogP contribution in [0.15, 0.2) is 48.5 Å². The summed E-state index contributed by atoms with van der Waals surface area (Å²) in [6.07, 6.45) is 2.44. The predicted molar refractivity (Wildman–Crippen MR) is 123 cm³/mol. The Morgan fingerprint density at radius 1 is 1.13 bits per heavy atom. The maximum Gasteiger partial charge on any atom is 0.262 e. The number of carbonyl (C=O) groups is 1. The Hall–Kier alpha value is -2.28. The highest BCUT2D eigenvalue weighted by atomic mass is 35.5. The van der Waals surface area contributed by atoms with Crippen LogP contribution in [0.5, 0.6) is 11.5 Å². The number of likely N-dealkylation sites (tertiary alicyclic amines) is 1. The third kappa shape index (κ3) is 7.20. The van der Waals surface area contributed by atoms with Gasteiger partial charge in [0.2, 0.25) is 0 Å². The molecule has 1 unspecified atom stereocenters. The van der Waals surface area contributed by atoms with Crippen LogP contribution in [0.25, 0.3) is 0 Å². The van der Waals surface area contributed by atoms with Gasteiger partial charge in [-0.25, -0.2) is 0 Å². The fraction of sp³-hybridized carbons (Fsp3) is 0.435. The topological polar surface area (TPSA) is 62.8 Å². The number of halogens is 1. The van der Waals surface area contributed by atoms with Crippen LogP contribution in [0.2, 0.25) is 0 Å². The highest BCUT2D eigenvalue weighted by Gasteiger charge is 2.19. The first kappa shape index (κ1) is 24.0. The maximum atomic E-state index is 12.2. The van der Waals surface area contributed by atoms with Gasteiger partial charge in [-0.15, -0.1) is 12.4 Å². The van der Waals surface area contributed by atoms with Crippen LogP contribution in [0.3, 0.4) is 0 Å². The number of para-hydroxylation sites is 1. The number of nitrogens with zero attached hydrogens (tertiary/aromatic N) is 1. The Bertz CT molecular complexity index is 789. The van der Waals surface area contributed by atoms with E-state index in [1.807, 2.05) is 56.4 Å². The Labute approximate surface area is 185 Å². The van der Waals surface area contributed by atoms with E-state index in [2.05, 4.69) is 21.6 Å². The van der Waals surface area contributed by atoms with E-state index in [-0.39, 0.29) is 24.9 Å². The van der Waals surface area contributed by atoms with Gasteiger partial charge in [0, 0.05) is 24.8 Å². The minimum Gasteiger partial charge on any atom is -0.490 e. The molecule has 30 heavy (non-hydrogen) atoms. The molecule has 1 heterocycles. The molecule has 1 fully saturated rings. The van der Waals surface area contributed by atoms with E-state index in [9.17, 15) is 4.79 Å². The lowest BCUT2D eigenvalue weighted by Gasteiger charge is -2.32. The first-order valence-corrected chi connectivity index (χ1v) is 10.3. The summed E-state index contributed by atoms with van der Waals surface area (Å²) >= 11 is 0. The van der Waals surface area contributed by atoms with E-state index in [4.69, 9.17) is 9.47 Å². The van der Waals surface area contributed by atoms with Gasteiger partial charge in [-0.1, -0.05) is 24.3 Å². The number of piperidine rings is 1. The number of amides is 1. The molecule has 1 aliphatic rings. The van der Waals surface area contributed by atoms with Crippen LogP contribution in [0.4, 0.5) is 5.69 Å². The van der Waals surface area contributed by atoms with Gasteiger partial charge in [-0.2, -0.15) is 0 Å². The second-order valence-electron chi connectivity index (χ2n) is 7.28. The van der Waals surface area contributed by atoms with Crippen LogP contribution in [0, 0.1) is 0 Å². The summed E-state index contributed by atoms with van der Waals surface area (Å²) in [5.41, 5.74) is 1.94. The molecule has 7 heteroatoms. The zero-order valence-electron chi connectivity index (χ0n) is 17.7. The molecule has 0 bridgehead atoms. The van der Waals surface area contributed by atoms with Crippen molar-refractivity contribution < 1.29 is 14.3 Å². The third-order valence-electron chi connectivity index (χ3n) is 5.04. The number of rotatable bonds is 9. The number of benzene rings is 2. The van der Waals surface area contributed by atoms with Gasteiger partial charge in [-0.3, -0.25) is 9.69 Å². The molecule has 2 aromatic rings. The summed E-state index contributed by atoms with van der Waals surface area (Å²) in [6, 6.07) is 15.9. The summed E-state index contributed by atoms with van der Waals surface area (Å²) in [4.78, 5) is 14.6. The molecule has 1 aliphatic heterocycles. The first-order chi connectivity index (χ1) is 14.2. The van der Waals surface area contributed by atoms with Crippen LogP contribution in [-0.2, 0) is 11.3 Å². The standard InChI is InChI=1S/C23H31N3O3.ClH/c1-3-28-22-14-18(15-26-13-7-10-20(16-26)24-2)11-12-21(22)29-17-23(27)25-19-8-5-4-6-9-19;/h4-6,8-9,11-12,14,20,24H,3,7,10,13,15-17H2,1-2H3,(H,25,27);1H. The molecule has 0 aromatic heterocycles. The summed E-state index contributed by atoms with van der Waals surface area (Å²) in [5, 5.41) is 6.20. The first-order valence-electron chi connectivity index (χ1n) is 10.3. The quantitative estimate of drug-likeness (QED) is 0.631. The van der Waals surface area contributed by atoms with Crippen molar-refractivity contribution in [1.82, 2.24) is 10.2 Å². The molecule has 0 saturated carbocycles. The van der Waals surface area contributed by atoms with E-state index >= 15 is 0 Å². The predicted octanol–water partition coefficient (Wildman–Crippen LogP) is 3.71. The summed E-state index contributed by atoms with van der Waals surface area (Å²) in [7, 11) is 2.03. The molecule has 3 rings (SSSR count). The van der Waals surface area contributed by atoms with Gasteiger partial charge in [0.25, 0.3) is 5.91 Å². The number of nitrogens with one attached hydrogen (secondary N) is 2. The zero-order valence-corrected chi connectivity index (χ0v) is 18.5. The minimum atomic E-state index is -0.200. The Kier molecular flexibility index (Phi) is 9.94. The lowest BCUT2D eigenvalue weighted by Crippen LogP contribution is -2.43. The van der Waals surface area contributed by atoms with Crippen LogP contribution in [-0.4, -0.2) is 50.2 Å². The summed E-state index contributed by atoms with van der Waals surface area (Å²) in [5.74, 6) is 1.07. The van der Waals surface area contributed by atoms with Crippen molar-refractivity contribution in [3.63, 3.8) is 0 Å². The van der Waals surface area contributed by atoms with Crippen LogP contribution < -0.4 is 20.1 Å². The van der Waals surface area contributed by atoms with Crippen molar-refractivity contribution in [1.29, 1.82) is 0 Å². The molecular formula is C23H32ClN3O3. The zero-order chi connectivity index (χ0) is 20.5. The average molecular weight is 434 g/mol. The van der Waals surface area contributed by atoms with Gasteiger partial charge in [0.15, 0.2) is 18.1 Å². The third-order valence-corrected chi connectivity index (χ3v) is 5.04. The number of ether oxygens (including phenoxy) is 2. The molecule has 0 aliphatic carbocycles. The summed E-state index contributed by atoms with van der Waals surface area (Å²) < 4.78 is 11.5. The Balaban J connectivity index is 0.00000320. The Morgan fingerprint density at radius 3 is 2.67 bits per heavy atom. The number of hydrogen-bond acceptors (Lipinski definition) is 5. The highest BCUT2D eigenvalue weighted by Crippen LogP contribution is 2.29. The van der Waals surface area contributed by atoms with Gasteiger partial charge < -0.3 is 20.1 Å². The van der Waals surface area contributed by atoms with Gasteiger partial charge in [0.05, 0.1) is 6.61 Å². The van der Waals surface area contributed by atoms with Gasteiger partial charge in [-0.05, 0) is 63.2 Å². The lowest BCUT2D eigenvalue weighted by molar-refractivity contribution is -0.118. The molecular weight excluding hydrogens is 402 g/mol. The smallest absolute Gasteiger partial charge is 0.262 e. The number of anilines is 1. The molecule has 0 spiro atoms. The van der Waals surface area contributed by atoms with Crippen molar-refractivity contribution >= 4 is 24.0 Å². The van der Waals surface area contributed by atoms with E-state index in [0.29, 0.717) is 24.1 Å². The van der Waals surface area contributed by atoms with Gasteiger partial charge in [0.1, 0.15) is 0 Å². The van der Waals surface area contributed by atoms with Crippen LogP contribution >= 0.6 is 12.4 Å². The fourth-order valence-corrected chi connectivity index (χ4v) is 3.59.